The van der Waals surface area contributed by atoms with Crippen LogP contribution in [0.2, 0.25) is 0 Å². The minimum Gasteiger partial charge on any atom is -0.311 e. The predicted molar refractivity (Wildman–Crippen MR) is 359 cm³/mol. The fourth-order valence-electron chi connectivity index (χ4n) is 13.6. The summed E-state index contributed by atoms with van der Waals surface area (Å²) in [6.07, 6.45) is 0. The molecule has 1 aromatic heterocycles. The van der Waals surface area contributed by atoms with Crippen LogP contribution < -0.4 is 50.7 Å². The second-order valence-electron chi connectivity index (χ2n) is 22.0. The second kappa shape index (κ2) is 20.1. The fourth-order valence-corrected chi connectivity index (χ4v) is 13.6. The number of anilines is 21. The summed E-state index contributed by atoms with van der Waals surface area (Å²) in [5.74, 6) is 1.68. The number of para-hydroxylation sites is 11. The van der Waals surface area contributed by atoms with Gasteiger partial charge in [0.05, 0.1) is 45.5 Å². The summed E-state index contributed by atoms with van der Waals surface area (Å²) in [6.45, 7) is -0.237. The van der Waals surface area contributed by atoms with Crippen LogP contribution in [0.5, 0.6) is 0 Å². The SMILES string of the molecule is c1ccc(N(c2ccccc2)c2cc3c4c(c2)N(c2ccccc2)c2cc5c(cc2N4c2ccccc2N3c2ccccc2)B2c3ccccc3N(c3ccccc3)c3nc(N(c4ccccc4)c4ccccc4)cc(c32)N5c2ccccc2)cc1. The van der Waals surface area contributed by atoms with Crippen LogP contribution in [0.4, 0.5) is 120 Å². The lowest BCUT2D eigenvalue weighted by Crippen LogP contribution is -2.61. The molecule has 0 fully saturated rings. The molecule has 8 nitrogen and oxygen atoms in total. The third-order valence-electron chi connectivity index (χ3n) is 17.1. The second-order valence-corrected chi connectivity index (χ2v) is 22.0. The summed E-state index contributed by atoms with van der Waals surface area (Å²) in [5.41, 5.74) is 23.5. The van der Waals surface area contributed by atoms with Crippen LogP contribution in [-0.2, 0) is 0 Å². The largest absolute Gasteiger partial charge is 0.311 e. The van der Waals surface area contributed by atoms with Crippen molar-refractivity contribution in [1.29, 1.82) is 0 Å². The lowest BCUT2D eigenvalue weighted by molar-refractivity contribution is 1.11. The third kappa shape index (κ3) is 7.75. The first kappa shape index (κ1) is 49.1. The maximum atomic E-state index is 5.97. The smallest absolute Gasteiger partial charge is 0.254 e. The van der Waals surface area contributed by atoms with Gasteiger partial charge in [-0.25, -0.2) is 4.98 Å². The molecular formula is C77H53BN8. The average molecular weight is 1100 g/mol. The number of hydrogen-bond acceptors (Lipinski definition) is 8. The first-order valence-electron chi connectivity index (χ1n) is 29.3. The molecule has 0 atom stereocenters. The molecule has 0 aliphatic carbocycles. The Hall–Kier alpha value is -11.5. The predicted octanol–water partition coefficient (Wildman–Crippen LogP) is 19.1. The van der Waals surface area contributed by atoms with Gasteiger partial charge in [-0.15, -0.1) is 0 Å². The van der Waals surface area contributed by atoms with Crippen LogP contribution in [0.15, 0.2) is 322 Å². The van der Waals surface area contributed by atoms with Crippen molar-refractivity contribution in [2.75, 3.05) is 34.3 Å². The summed E-state index contributed by atoms with van der Waals surface area (Å²) < 4.78 is 0. The Balaban J connectivity index is 0.995. The molecular weight excluding hydrogens is 1050 g/mol. The molecule has 12 aromatic carbocycles. The van der Waals surface area contributed by atoms with Gasteiger partial charge in [0, 0.05) is 68.6 Å². The van der Waals surface area contributed by atoms with Crippen molar-refractivity contribution in [3.8, 4) is 0 Å². The highest BCUT2D eigenvalue weighted by Gasteiger charge is 2.48. The van der Waals surface area contributed by atoms with Crippen molar-refractivity contribution in [2.24, 2.45) is 0 Å². The van der Waals surface area contributed by atoms with E-state index in [0.29, 0.717) is 0 Å². The maximum absolute atomic E-state index is 5.97. The van der Waals surface area contributed by atoms with E-state index >= 15 is 0 Å². The zero-order valence-corrected chi connectivity index (χ0v) is 46.8. The van der Waals surface area contributed by atoms with Gasteiger partial charge in [-0.05, 0) is 156 Å². The number of aromatic nitrogens is 1. The number of benzene rings is 12. The number of hydrogen-bond donors (Lipinski definition) is 0. The van der Waals surface area contributed by atoms with Gasteiger partial charge >= 0.3 is 0 Å². The van der Waals surface area contributed by atoms with Crippen molar-refractivity contribution in [3.05, 3.63) is 322 Å². The Labute approximate surface area is 500 Å². The molecule has 0 spiro atoms. The van der Waals surface area contributed by atoms with Crippen LogP contribution in [0.3, 0.4) is 0 Å². The molecule has 0 amide bonds. The topological polar surface area (TPSA) is 35.6 Å². The summed E-state index contributed by atoms with van der Waals surface area (Å²) in [5, 5.41) is 0. The van der Waals surface area contributed by atoms with Gasteiger partial charge in [-0.2, -0.15) is 0 Å². The van der Waals surface area contributed by atoms with Gasteiger partial charge in [-0.1, -0.05) is 176 Å². The number of fused-ring (bicyclic) bond motifs is 8. The summed E-state index contributed by atoms with van der Waals surface area (Å²) in [4.78, 5) is 23.1. The number of rotatable bonds is 10. The third-order valence-corrected chi connectivity index (χ3v) is 17.1. The normalized spacial score (nSPS) is 13.0. The Morgan fingerprint density at radius 1 is 0.244 bits per heavy atom. The maximum Gasteiger partial charge on any atom is 0.254 e. The lowest BCUT2D eigenvalue weighted by Gasteiger charge is -2.49. The number of pyridine rings is 1. The monoisotopic (exact) mass is 1100 g/mol. The molecule has 0 unspecified atom stereocenters. The highest BCUT2D eigenvalue weighted by Crippen LogP contribution is 2.65. The van der Waals surface area contributed by atoms with Crippen LogP contribution in [-0.4, -0.2) is 11.7 Å². The molecule has 5 heterocycles. The van der Waals surface area contributed by atoms with E-state index < -0.39 is 0 Å². The summed E-state index contributed by atoms with van der Waals surface area (Å²) >= 11 is 0. The standard InChI is InChI=1S/C77H53BN8/c1-9-29-54(30-10-1)80(55-31-11-2-12-32-55)62-49-72-76-73(50-62)84(60-41-21-7-22-42-60)70-52-68-64(51-69(70)86(76)67-48-28-27-47-66(67)82(72)58-37-17-5-18-38-58)78-63-45-25-26-46-65(63)85(61-43-23-8-24-44-61)77-75(78)71(83(68)59-39-19-6-20-40-59)53-74(79-77)81(56-33-13-3-14-34-56)57-35-15-4-16-36-57/h1-53H. The molecule has 0 saturated carbocycles. The van der Waals surface area contributed by atoms with E-state index in [1.165, 1.54) is 10.9 Å². The highest BCUT2D eigenvalue weighted by molar-refractivity contribution is 7.00. The van der Waals surface area contributed by atoms with Crippen LogP contribution >= 0.6 is 0 Å². The van der Waals surface area contributed by atoms with Crippen molar-refractivity contribution in [3.63, 3.8) is 0 Å². The van der Waals surface area contributed by atoms with Crippen molar-refractivity contribution in [2.45, 2.75) is 0 Å². The van der Waals surface area contributed by atoms with E-state index in [9.17, 15) is 0 Å². The van der Waals surface area contributed by atoms with E-state index in [-0.39, 0.29) is 6.71 Å². The Morgan fingerprint density at radius 3 is 1.10 bits per heavy atom. The zero-order valence-electron chi connectivity index (χ0n) is 46.8. The van der Waals surface area contributed by atoms with E-state index in [0.717, 1.165) is 125 Å². The van der Waals surface area contributed by atoms with Crippen LogP contribution in [0, 0.1) is 0 Å². The highest BCUT2D eigenvalue weighted by atomic mass is 15.3. The number of nitrogens with zero attached hydrogens (tertiary/aromatic N) is 8. The van der Waals surface area contributed by atoms with Crippen LogP contribution in [0.1, 0.15) is 0 Å². The van der Waals surface area contributed by atoms with Crippen molar-refractivity contribution in [1.82, 2.24) is 4.98 Å². The molecule has 0 bridgehead atoms. The fraction of sp³-hybridized carbons (Fsp3) is 0. The van der Waals surface area contributed by atoms with Gasteiger partial charge in [0.2, 0.25) is 0 Å². The molecule has 86 heavy (non-hydrogen) atoms. The molecule has 13 aromatic rings. The lowest BCUT2D eigenvalue weighted by atomic mass is 9.33. The van der Waals surface area contributed by atoms with Gasteiger partial charge in [-0.3, -0.25) is 9.80 Å². The zero-order chi connectivity index (χ0) is 56.7. The molecule has 4 aliphatic heterocycles. The van der Waals surface area contributed by atoms with E-state index in [1.54, 1.807) is 0 Å². The Kier molecular flexibility index (Phi) is 11.5. The van der Waals surface area contributed by atoms with Gasteiger partial charge < -0.3 is 24.5 Å². The van der Waals surface area contributed by atoms with Crippen molar-refractivity contribution < 1.29 is 0 Å². The average Bonchev–Trinajstić information content (AvgIpc) is 0.707. The molecule has 0 saturated heterocycles. The van der Waals surface area contributed by atoms with E-state index in [1.807, 2.05) is 0 Å². The van der Waals surface area contributed by atoms with Gasteiger partial charge in [0.25, 0.3) is 6.71 Å². The van der Waals surface area contributed by atoms with Crippen molar-refractivity contribution >= 4 is 143 Å². The molecule has 404 valence electrons. The Bertz CT molecular complexity index is 4300. The minimum atomic E-state index is -0.237. The quantitative estimate of drug-likeness (QED) is 0.125. The molecule has 17 rings (SSSR count). The van der Waals surface area contributed by atoms with E-state index in [4.69, 9.17) is 4.98 Å². The van der Waals surface area contributed by atoms with E-state index in [2.05, 4.69) is 356 Å². The minimum absolute atomic E-state index is 0.237. The van der Waals surface area contributed by atoms with Crippen LogP contribution in [0.25, 0.3) is 0 Å². The summed E-state index contributed by atoms with van der Waals surface area (Å²) in [7, 11) is 0. The van der Waals surface area contributed by atoms with Gasteiger partial charge in [0.1, 0.15) is 11.6 Å². The first-order valence-corrected chi connectivity index (χ1v) is 29.3. The molecule has 4 aliphatic rings. The first-order chi connectivity index (χ1) is 42.7. The Morgan fingerprint density at radius 2 is 0.616 bits per heavy atom. The molecule has 9 heteroatoms. The summed E-state index contributed by atoms with van der Waals surface area (Å²) in [6, 6.07) is 116. The molecule has 0 N–H and O–H groups in total. The molecule has 0 radical (unpaired) electrons. The van der Waals surface area contributed by atoms with Gasteiger partial charge in [0.15, 0.2) is 0 Å².